The highest BCUT2D eigenvalue weighted by atomic mass is 19.4. The van der Waals surface area contributed by atoms with Crippen LogP contribution in [0.15, 0.2) is 54.6 Å². The van der Waals surface area contributed by atoms with Gasteiger partial charge >= 0.3 is 6.18 Å². The average molecular weight is 349 g/mol. The Balaban J connectivity index is 1.68. The zero-order valence-electron chi connectivity index (χ0n) is 14.1. The zero-order chi connectivity index (χ0) is 18.1. The molecule has 2 nitrogen and oxygen atoms in total. The van der Waals surface area contributed by atoms with Crippen molar-refractivity contribution in [2.45, 2.75) is 31.7 Å². The summed E-state index contributed by atoms with van der Waals surface area (Å²) < 4.78 is 38.1. The van der Waals surface area contributed by atoms with E-state index in [9.17, 15) is 18.3 Å². The summed E-state index contributed by atoms with van der Waals surface area (Å²) in [7, 11) is 0. The van der Waals surface area contributed by atoms with Crippen molar-refractivity contribution in [2.75, 3.05) is 13.1 Å². The molecule has 2 aromatic rings. The highest BCUT2D eigenvalue weighted by Gasteiger charge is 2.39. The third-order valence-electron chi connectivity index (χ3n) is 5.11. The first-order valence-corrected chi connectivity index (χ1v) is 8.43. The molecule has 0 bridgehead atoms. The fourth-order valence-corrected chi connectivity index (χ4v) is 3.51. The lowest BCUT2D eigenvalue weighted by Crippen LogP contribution is -2.34. The van der Waals surface area contributed by atoms with Gasteiger partial charge in [-0.05, 0) is 43.1 Å². The van der Waals surface area contributed by atoms with E-state index in [1.54, 1.807) is 6.92 Å². The van der Waals surface area contributed by atoms with E-state index in [1.165, 1.54) is 17.7 Å². The molecule has 1 aliphatic heterocycles. The monoisotopic (exact) mass is 349 g/mol. The number of hydrogen-bond donors (Lipinski definition) is 1. The van der Waals surface area contributed by atoms with Crippen LogP contribution in [-0.2, 0) is 18.3 Å². The SMILES string of the molecule is C[C@](O)(c1ccc(C(F)(F)F)cc1)[C@@H]1CCN(Cc2ccccc2)C1. The van der Waals surface area contributed by atoms with E-state index in [0.29, 0.717) is 5.56 Å². The second-order valence-corrected chi connectivity index (χ2v) is 6.93. The standard InChI is InChI=1S/C20H22F3NO/c1-19(25,16-7-9-17(10-8-16)20(21,22)23)18-11-12-24(14-18)13-15-5-3-2-4-6-15/h2-10,18,25H,11-14H2,1H3/t18-,19+/m1/s1. The van der Waals surface area contributed by atoms with Gasteiger partial charge in [-0.25, -0.2) is 0 Å². The van der Waals surface area contributed by atoms with Gasteiger partial charge in [-0.1, -0.05) is 42.5 Å². The van der Waals surface area contributed by atoms with E-state index < -0.39 is 17.3 Å². The Morgan fingerprint density at radius 2 is 1.60 bits per heavy atom. The first kappa shape index (κ1) is 18.0. The van der Waals surface area contributed by atoms with Crippen LogP contribution in [0.4, 0.5) is 13.2 Å². The molecule has 134 valence electrons. The maximum absolute atomic E-state index is 12.7. The number of rotatable bonds is 4. The van der Waals surface area contributed by atoms with Crippen molar-refractivity contribution >= 4 is 0 Å². The number of alkyl halides is 3. The molecule has 3 rings (SSSR count). The molecule has 0 saturated carbocycles. The largest absolute Gasteiger partial charge is 0.416 e. The molecule has 5 heteroatoms. The van der Waals surface area contributed by atoms with Gasteiger partial charge in [0.25, 0.3) is 0 Å². The average Bonchev–Trinajstić information content (AvgIpc) is 3.04. The molecule has 2 aromatic carbocycles. The number of benzene rings is 2. The van der Waals surface area contributed by atoms with Gasteiger partial charge in [-0.3, -0.25) is 4.90 Å². The van der Waals surface area contributed by atoms with E-state index in [-0.39, 0.29) is 5.92 Å². The van der Waals surface area contributed by atoms with Crippen LogP contribution in [0, 0.1) is 5.92 Å². The van der Waals surface area contributed by atoms with Crippen LogP contribution >= 0.6 is 0 Å². The Morgan fingerprint density at radius 1 is 1.00 bits per heavy atom. The Kier molecular flexibility index (Phi) is 4.89. The predicted octanol–water partition coefficient (Wildman–Crippen LogP) is 4.44. The van der Waals surface area contributed by atoms with Crippen molar-refractivity contribution in [3.05, 3.63) is 71.3 Å². The molecule has 1 N–H and O–H groups in total. The molecule has 1 aliphatic rings. The molecular formula is C20H22F3NO. The van der Waals surface area contributed by atoms with Crippen LogP contribution in [-0.4, -0.2) is 23.1 Å². The molecule has 0 amide bonds. The fourth-order valence-electron chi connectivity index (χ4n) is 3.51. The topological polar surface area (TPSA) is 23.5 Å². The maximum Gasteiger partial charge on any atom is 0.416 e. The Bertz CT molecular complexity index is 695. The Morgan fingerprint density at radius 3 is 2.20 bits per heavy atom. The van der Waals surface area contributed by atoms with Crippen LogP contribution in [0.25, 0.3) is 0 Å². The van der Waals surface area contributed by atoms with Crippen LogP contribution in [0.5, 0.6) is 0 Å². The van der Waals surface area contributed by atoms with Crippen molar-refractivity contribution in [1.82, 2.24) is 4.90 Å². The molecule has 1 fully saturated rings. The van der Waals surface area contributed by atoms with Crippen molar-refractivity contribution < 1.29 is 18.3 Å². The lowest BCUT2D eigenvalue weighted by Gasteiger charge is -2.31. The first-order valence-electron chi connectivity index (χ1n) is 8.43. The van der Waals surface area contributed by atoms with Gasteiger partial charge in [0.1, 0.15) is 0 Å². The van der Waals surface area contributed by atoms with Crippen LogP contribution < -0.4 is 0 Å². The second-order valence-electron chi connectivity index (χ2n) is 6.93. The molecule has 25 heavy (non-hydrogen) atoms. The molecule has 0 unspecified atom stereocenters. The minimum absolute atomic E-state index is 0.00653. The fraction of sp³-hybridized carbons (Fsp3) is 0.400. The quantitative estimate of drug-likeness (QED) is 0.882. The minimum Gasteiger partial charge on any atom is -0.385 e. The summed E-state index contributed by atoms with van der Waals surface area (Å²) in [6.07, 6.45) is -3.54. The van der Waals surface area contributed by atoms with E-state index >= 15 is 0 Å². The van der Waals surface area contributed by atoms with Crippen molar-refractivity contribution in [1.29, 1.82) is 0 Å². The van der Waals surface area contributed by atoms with Gasteiger partial charge in [0.15, 0.2) is 0 Å². The van der Waals surface area contributed by atoms with Gasteiger partial charge in [-0.15, -0.1) is 0 Å². The molecule has 0 radical (unpaired) electrons. The van der Waals surface area contributed by atoms with Crippen LogP contribution in [0.1, 0.15) is 30.0 Å². The number of halogens is 3. The molecule has 0 spiro atoms. The molecule has 1 saturated heterocycles. The Labute approximate surface area is 145 Å². The summed E-state index contributed by atoms with van der Waals surface area (Å²) in [5, 5.41) is 11.0. The van der Waals surface area contributed by atoms with Gasteiger partial charge in [0.05, 0.1) is 11.2 Å². The van der Waals surface area contributed by atoms with Gasteiger partial charge in [0, 0.05) is 19.0 Å². The summed E-state index contributed by atoms with van der Waals surface area (Å²) in [5.41, 5.74) is -0.0798. The Hall–Kier alpha value is -1.85. The summed E-state index contributed by atoms with van der Waals surface area (Å²) in [6, 6.07) is 15.0. The lowest BCUT2D eigenvalue weighted by molar-refractivity contribution is -0.137. The molecular weight excluding hydrogens is 327 g/mol. The summed E-state index contributed by atoms with van der Waals surface area (Å²) in [5.74, 6) is -0.00653. The van der Waals surface area contributed by atoms with Crippen molar-refractivity contribution in [2.24, 2.45) is 5.92 Å². The van der Waals surface area contributed by atoms with E-state index in [0.717, 1.165) is 38.2 Å². The predicted molar refractivity (Wildman–Crippen MR) is 90.8 cm³/mol. The lowest BCUT2D eigenvalue weighted by atomic mass is 9.82. The number of nitrogens with zero attached hydrogens (tertiary/aromatic N) is 1. The number of aliphatic hydroxyl groups is 1. The van der Waals surface area contributed by atoms with Crippen LogP contribution in [0.2, 0.25) is 0 Å². The van der Waals surface area contributed by atoms with E-state index in [2.05, 4.69) is 17.0 Å². The summed E-state index contributed by atoms with van der Waals surface area (Å²) >= 11 is 0. The van der Waals surface area contributed by atoms with E-state index in [1.807, 2.05) is 18.2 Å². The third kappa shape index (κ3) is 4.05. The van der Waals surface area contributed by atoms with Crippen LogP contribution in [0.3, 0.4) is 0 Å². The van der Waals surface area contributed by atoms with Crippen molar-refractivity contribution in [3.8, 4) is 0 Å². The first-order chi connectivity index (χ1) is 11.8. The molecule has 2 atom stereocenters. The third-order valence-corrected chi connectivity index (χ3v) is 5.11. The maximum atomic E-state index is 12.7. The minimum atomic E-state index is -4.36. The zero-order valence-corrected chi connectivity index (χ0v) is 14.1. The van der Waals surface area contributed by atoms with Crippen molar-refractivity contribution in [3.63, 3.8) is 0 Å². The van der Waals surface area contributed by atoms with Gasteiger partial charge in [0.2, 0.25) is 0 Å². The smallest absolute Gasteiger partial charge is 0.385 e. The van der Waals surface area contributed by atoms with Gasteiger partial charge < -0.3 is 5.11 Å². The summed E-state index contributed by atoms with van der Waals surface area (Å²) in [4.78, 5) is 2.28. The highest BCUT2D eigenvalue weighted by molar-refractivity contribution is 5.29. The summed E-state index contributed by atoms with van der Waals surface area (Å²) in [6.45, 7) is 4.12. The molecule has 1 heterocycles. The number of likely N-dealkylation sites (tertiary alicyclic amines) is 1. The normalized spacial score (nSPS) is 21.2. The highest BCUT2D eigenvalue weighted by Crippen LogP contribution is 2.37. The van der Waals surface area contributed by atoms with E-state index in [4.69, 9.17) is 0 Å². The number of hydrogen-bond acceptors (Lipinski definition) is 2. The molecule has 0 aliphatic carbocycles. The molecule has 0 aromatic heterocycles. The van der Waals surface area contributed by atoms with Gasteiger partial charge in [-0.2, -0.15) is 13.2 Å². The second kappa shape index (κ2) is 6.81.